The number of hydrogen-bond donors (Lipinski definition) is 0. The predicted molar refractivity (Wildman–Crippen MR) is 159 cm³/mol. The van der Waals surface area contributed by atoms with E-state index in [0.29, 0.717) is 11.5 Å². The third-order valence-electron chi connectivity index (χ3n) is 9.81. The Labute approximate surface area is 279 Å². The molecule has 0 saturated carbocycles. The summed E-state index contributed by atoms with van der Waals surface area (Å²) in [4.78, 5) is 25.7. The second kappa shape index (κ2) is 10.1. The quantitative estimate of drug-likeness (QED) is 0.225. The van der Waals surface area contributed by atoms with E-state index < -0.39 is 15.2 Å². The van der Waals surface area contributed by atoms with Crippen molar-refractivity contribution in [2.45, 2.75) is 36.5 Å². The summed E-state index contributed by atoms with van der Waals surface area (Å²) in [5, 5.41) is 4.47. The predicted octanol–water partition coefficient (Wildman–Crippen LogP) is 1.09. The molecule has 0 spiro atoms. The van der Waals surface area contributed by atoms with Crippen LogP contribution in [0.25, 0.3) is 21.5 Å². The van der Waals surface area contributed by atoms with Gasteiger partial charge in [0.2, 0.25) is 0 Å². The topological polar surface area (TPSA) is 98.7 Å². The van der Waals surface area contributed by atoms with Crippen LogP contribution in [0.5, 0.6) is 11.5 Å². The minimum atomic E-state index is -4.21. The van der Waals surface area contributed by atoms with Crippen LogP contribution in [0, 0.1) is 0 Å². The van der Waals surface area contributed by atoms with Gasteiger partial charge in [0, 0.05) is 59.3 Å². The van der Waals surface area contributed by atoms with E-state index in [4.69, 9.17) is 9.05 Å². The Hall–Kier alpha value is -2.21. The molecule has 2 unspecified atom stereocenters. The number of hydrogen-bond acceptors (Lipinski definition) is 6. The van der Waals surface area contributed by atoms with Crippen LogP contribution in [0.1, 0.15) is 81.0 Å². The molecule has 0 fully saturated rings. The van der Waals surface area contributed by atoms with Gasteiger partial charge in [-0.25, -0.2) is 0 Å². The second-order valence-electron chi connectivity index (χ2n) is 12.4. The van der Waals surface area contributed by atoms with Crippen molar-refractivity contribution in [3.05, 3.63) is 117 Å². The Balaban J connectivity index is 0.00000156. The zero-order valence-electron chi connectivity index (χ0n) is 25.0. The van der Waals surface area contributed by atoms with Crippen LogP contribution < -0.4 is 56.6 Å². The Morgan fingerprint density at radius 2 is 0.795 bits per heavy atom. The third-order valence-corrected chi connectivity index (χ3v) is 10.8. The van der Waals surface area contributed by atoms with Crippen LogP contribution in [0.2, 0.25) is 0 Å². The molecule has 0 heterocycles. The SMILES string of the molecule is CP(=O)([O-])Oc1c2c(c(OP(C)(=O)[O-])c3c1[C@H]1C[C@@H]3c3cc4ccccc4cc31)[C@H]1C[C@@H]2c2cc3ccccc3cc21.[Li+].[Li+]. The van der Waals surface area contributed by atoms with Gasteiger partial charge in [-0.05, 0) is 56.6 Å². The van der Waals surface area contributed by atoms with E-state index in [1.165, 1.54) is 0 Å². The smallest absolute Gasteiger partial charge is 0.769 e. The summed E-state index contributed by atoms with van der Waals surface area (Å²) in [7, 11) is -8.41. The fourth-order valence-corrected chi connectivity index (χ4v) is 9.58. The number of fused-ring (bicyclic) bond motifs is 18. The zero-order valence-corrected chi connectivity index (χ0v) is 26.8. The van der Waals surface area contributed by atoms with E-state index in [-0.39, 0.29) is 61.4 Å². The Bertz CT molecular complexity index is 1880. The summed E-state index contributed by atoms with van der Waals surface area (Å²) >= 11 is 0. The monoisotopic (exact) mass is 606 g/mol. The van der Waals surface area contributed by atoms with Crippen LogP contribution in [-0.2, 0) is 9.13 Å². The van der Waals surface area contributed by atoms with Gasteiger partial charge in [0.15, 0.2) is 15.2 Å². The largest absolute Gasteiger partial charge is 1.00 e. The molecule has 5 aromatic rings. The minimum absolute atomic E-state index is 0. The maximum Gasteiger partial charge on any atom is 1.00 e. The first-order chi connectivity index (χ1) is 20.1. The van der Waals surface area contributed by atoms with Crippen molar-refractivity contribution in [1.29, 1.82) is 0 Å². The van der Waals surface area contributed by atoms with Crippen LogP contribution in [0.15, 0.2) is 72.8 Å². The van der Waals surface area contributed by atoms with E-state index in [1.54, 1.807) is 0 Å². The zero-order chi connectivity index (χ0) is 28.7. The summed E-state index contributed by atoms with van der Waals surface area (Å²) in [5.74, 6) is 0.327. The van der Waals surface area contributed by atoms with E-state index in [0.717, 1.165) is 92.2 Å². The summed E-state index contributed by atoms with van der Waals surface area (Å²) in [6.07, 6.45) is 1.45. The van der Waals surface area contributed by atoms with Gasteiger partial charge >= 0.3 is 37.7 Å². The van der Waals surface area contributed by atoms with Crippen molar-refractivity contribution >= 4 is 36.7 Å². The van der Waals surface area contributed by atoms with Gasteiger partial charge in [-0.15, -0.1) is 0 Å². The molecule has 0 radical (unpaired) electrons. The maximum absolute atomic E-state index is 12.8. The molecule has 0 N–H and O–H groups in total. The molecule has 0 aliphatic heterocycles. The van der Waals surface area contributed by atoms with Crippen molar-refractivity contribution < 1.29 is 65.7 Å². The van der Waals surface area contributed by atoms with Gasteiger partial charge < -0.3 is 18.8 Å². The molecule has 6 atom stereocenters. The number of benzene rings is 5. The first kappa shape index (κ1) is 30.4. The normalized spacial score (nSPS) is 23.9. The summed E-state index contributed by atoms with van der Waals surface area (Å²) < 4.78 is 37.7. The summed E-state index contributed by atoms with van der Waals surface area (Å²) in [5.41, 5.74) is 7.70. The Morgan fingerprint density at radius 1 is 0.545 bits per heavy atom. The van der Waals surface area contributed by atoms with Crippen LogP contribution >= 0.6 is 15.2 Å². The van der Waals surface area contributed by atoms with Crippen LogP contribution in [0.3, 0.4) is 0 Å². The Morgan fingerprint density at radius 3 is 1.02 bits per heavy atom. The Kier molecular flexibility index (Phi) is 7.02. The van der Waals surface area contributed by atoms with Gasteiger partial charge in [0.05, 0.1) is 0 Å². The standard InChI is InChI=1S/C34H28O6P2.2Li/c1-41(35,36)39-33-29-25-15-27(23-13-19-9-5-3-7-17(19)11-21(23)25)31(29)34(40-42(2,37)38)32-28-16-26(30(32)33)22-12-18-8-4-6-10-20(18)14-24(22)28;;/h3-14,25-28H,15-16H2,1-2H3,(H,35,36)(H,37,38);;/q;2*+1/p-2/t25-,26+,27+,28-;;. The molecular weight excluding hydrogens is 580 g/mol. The van der Waals surface area contributed by atoms with Crippen molar-refractivity contribution in [3.63, 3.8) is 0 Å². The molecule has 0 amide bonds. The molecule has 0 saturated heterocycles. The van der Waals surface area contributed by atoms with Gasteiger partial charge in [-0.3, -0.25) is 9.13 Å². The van der Waals surface area contributed by atoms with Crippen molar-refractivity contribution in [3.8, 4) is 11.5 Å². The fraction of sp³-hybridized carbons (Fsp3) is 0.235. The average Bonchev–Trinajstić information content (AvgIpc) is 3.69. The summed E-state index contributed by atoms with van der Waals surface area (Å²) in [6, 6.07) is 25.2. The molecule has 10 heteroatoms. The fourth-order valence-electron chi connectivity index (χ4n) is 8.52. The molecule has 0 aromatic heterocycles. The average molecular weight is 606 g/mol. The molecule has 9 rings (SSSR count). The van der Waals surface area contributed by atoms with Crippen molar-refractivity contribution in [2.75, 3.05) is 13.3 Å². The minimum Gasteiger partial charge on any atom is -0.769 e. The molecule has 44 heavy (non-hydrogen) atoms. The molecule has 6 nitrogen and oxygen atoms in total. The van der Waals surface area contributed by atoms with Gasteiger partial charge in [0.25, 0.3) is 0 Å². The molecule has 210 valence electrons. The van der Waals surface area contributed by atoms with Crippen molar-refractivity contribution in [2.24, 2.45) is 0 Å². The molecule has 4 aliphatic rings. The van der Waals surface area contributed by atoms with E-state index in [9.17, 15) is 18.9 Å². The maximum atomic E-state index is 12.8. The molecule has 5 aromatic carbocycles. The van der Waals surface area contributed by atoms with Crippen LogP contribution in [0.4, 0.5) is 0 Å². The van der Waals surface area contributed by atoms with E-state index in [1.807, 2.05) is 24.3 Å². The van der Waals surface area contributed by atoms with Crippen molar-refractivity contribution in [1.82, 2.24) is 0 Å². The van der Waals surface area contributed by atoms with E-state index in [2.05, 4.69) is 48.5 Å². The van der Waals surface area contributed by atoms with Crippen LogP contribution in [-0.4, -0.2) is 13.3 Å². The third kappa shape index (κ3) is 4.32. The molecule has 4 bridgehead atoms. The van der Waals surface area contributed by atoms with Gasteiger partial charge in [0.1, 0.15) is 11.5 Å². The first-order valence-electron chi connectivity index (χ1n) is 14.3. The van der Waals surface area contributed by atoms with Gasteiger partial charge in [-0.2, -0.15) is 0 Å². The first-order valence-corrected chi connectivity index (χ1v) is 18.3. The van der Waals surface area contributed by atoms with E-state index >= 15 is 0 Å². The van der Waals surface area contributed by atoms with Gasteiger partial charge in [-0.1, -0.05) is 72.8 Å². The molecule has 4 aliphatic carbocycles. The number of rotatable bonds is 4. The molecular formula is C34H26Li2O6P2. The summed E-state index contributed by atoms with van der Waals surface area (Å²) in [6.45, 7) is 2.22. The second-order valence-corrected chi connectivity index (χ2v) is 15.8.